The van der Waals surface area contributed by atoms with Crippen LogP contribution in [0.4, 0.5) is 5.69 Å². The molecule has 2 aromatic carbocycles. The highest BCUT2D eigenvalue weighted by Crippen LogP contribution is 2.39. The molecule has 7 nitrogen and oxygen atoms in total. The lowest BCUT2D eigenvalue weighted by Gasteiger charge is -2.43. The van der Waals surface area contributed by atoms with Gasteiger partial charge in [-0.3, -0.25) is 14.4 Å². The monoisotopic (exact) mass is 600 g/mol. The normalized spacial score (nSPS) is 17.7. The van der Waals surface area contributed by atoms with Crippen molar-refractivity contribution >= 4 is 46.6 Å². The maximum absolute atomic E-state index is 14.0. The molecule has 1 N–H and O–H groups in total. The molecule has 0 bridgehead atoms. The van der Waals surface area contributed by atoms with Gasteiger partial charge in [0.2, 0.25) is 11.8 Å². The standard InChI is InChI=1S/C32H42Cl2N4O3/c1-23(20-31(2,3)4)18-29(40)36-16-13-32(14-17-36)30(41)37(22-38(32)26-8-6-5-7-9-26)21-28(39)35-15-12-24-10-11-25(33)19-27(24)34/h5-11,19,23H,12-18,20-22H2,1-4H3,(H,35,39). The summed E-state index contributed by atoms with van der Waals surface area (Å²) in [7, 11) is 0. The molecule has 2 heterocycles. The number of hydrogen-bond donors (Lipinski definition) is 1. The summed E-state index contributed by atoms with van der Waals surface area (Å²) in [5.74, 6) is 0.196. The van der Waals surface area contributed by atoms with Gasteiger partial charge in [-0.25, -0.2) is 0 Å². The smallest absolute Gasteiger partial charge is 0.250 e. The highest BCUT2D eigenvalue weighted by Gasteiger charge is 2.54. The molecule has 0 aliphatic carbocycles. The predicted octanol–water partition coefficient (Wildman–Crippen LogP) is 5.78. The number of piperidine rings is 1. The van der Waals surface area contributed by atoms with E-state index in [9.17, 15) is 14.4 Å². The zero-order chi connectivity index (χ0) is 29.8. The first-order chi connectivity index (χ1) is 19.4. The Labute approximate surface area is 254 Å². The Morgan fingerprint density at radius 2 is 1.73 bits per heavy atom. The van der Waals surface area contributed by atoms with Crippen LogP contribution in [0.25, 0.3) is 0 Å². The van der Waals surface area contributed by atoms with Crippen LogP contribution in [0.15, 0.2) is 48.5 Å². The Morgan fingerprint density at radius 1 is 1.05 bits per heavy atom. The van der Waals surface area contributed by atoms with Gasteiger partial charge in [0.1, 0.15) is 12.1 Å². The molecule has 2 fully saturated rings. The van der Waals surface area contributed by atoms with E-state index in [1.807, 2.05) is 41.3 Å². The van der Waals surface area contributed by atoms with Gasteiger partial charge in [0, 0.05) is 41.8 Å². The number of hydrogen-bond acceptors (Lipinski definition) is 4. The van der Waals surface area contributed by atoms with Crippen LogP contribution >= 0.6 is 23.2 Å². The molecular formula is C32H42Cl2N4O3. The summed E-state index contributed by atoms with van der Waals surface area (Å²) in [4.78, 5) is 45.7. The third-order valence-electron chi connectivity index (χ3n) is 8.08. The molecule has 9 heteroatoms. The van der Waals surface area contributed by atoms with Gasteiger partial charge >= 0.3 is 0 Å². The van der Waals surface area contributed by atoms with Crippen molar-refractivity contribution in [3.63, 3.8) is 0 Å². The van der Waals surface area contributed by atoms with Gasteiger partial charge in [-0.1, -0.05) is 75.2 Å². The predicted molar refractivity (Wildman–Crippen MR) is 165 cm³/mol. The molecule has 2 aliphatic rings. The van der Waals surface area contributed by atoms with E-state index < -0.39 is 5.54 Å². The molecule has 1 spiro atoms. The lowest BCUT2D eigenvalue weighted by Crippen LogP contribution is -2.57. The quantitative estimate of drug-likeness (QED) is 0.396. The van der Waals surface area contributed by atoms with Crippen LogP contribution in [0.3, 0.4) is 0 Å². The Kier molecular flexibility index (Phi) is 9.91. The molecule has 2 aromatic rings. The Bertz CT molecular complexity index is 1240. The van der Waals surface area contributed by atoms with E-state index in [1.54, 1.807) is 17.0 Å². The molecule has 0 radical (unpaired) electrons. The third kappa shape index (κ3) is 7.75. The van der Waals surface area contributed by atoms with Crippen LogP contribution in [0.5, 0.6) is 0 Å². The topological polar surface area (TPSA) is 73.0 Å². The zero-order valence-corrected chi connectivity index (χ0v) is 26.1. The van der Waals surface area contributed by atoms with Crippen molar-refractivity contribution in [3.05, 3.63) is 64.1 Å². The van der Waals surface area contributed by atoms with Gasteiger partial charge in [-0.05, 0) is 66.8 Å². The lowest BCUT2D eigenvalue weighted by atomic mass is 9.83. The summed E-state index contributed by atoms with van der Waals surface area (Å²) < 4.78 is 0. The summed E-state index contributed by atoms with van der Waals surface area (Å²) in [6.45, 7) is 10.5. The van der Waals surface area contributed by atoms with E-state index >= 15 is 0 Å². The first-order valence-electron chi connectivity index (χ1n) is 14.5. The highest BCUT2D eigenvalue weighted by molar-refractivity contribution is 6.35. The third-order valence-corrected chi connectivity index (χ3v) is 8.66. The minimum atomic E-state index is -0.772. The van der Waals surface area contributed by atoms with E-state index in [2.05, 4.69) is 37.9 Å². The van der Waals surface area contributed by atoms with Crippen LogP contribution in [0.2, 0.25) is 10.0 Å². The van der Waals surface area contributed by atoms with E-state index in [0.717, 1.165) is 17.7 Å². The Hall–Kier alpha value is -2.77. The van der Waals surface area contributed by atoms with Crippen molar-refractivity contribution < 1.29 is 14.4 Å². The van der Waals surface area contributed by atoms with Crippen LogP contribution in [0, 0.1) is 11.3 Å². The molecule has 4 rings (SSSR count). The fourth-order valence-electron chi connectivity index (χ4n) is 6.28. The van der Waals surface area contributed by atoms with Gasteiger partial charge in [-0.15, -0.1) is 0 Å². The minimum Gasteiger partial charge on any atom is -0.354 e. The van der Waals surface area contributed by atoms with Crippen molar-refractivity contribution in [1.82, 2.24) is 15.1 Å². The molecule has 1 unspecified atom stereocenters. The van der Waals surface area contributed by atoms with E-state index in [1.165, 1.54) is 0 Å². The molecule has 0 saturated carbocycles. The molecule has 2 aliphatic heterocycles. The van der Waals surface area contributed by atoms with Crippen molar-refractivity contribution in [2.24, 2.45) is 11.3 Å². The van der Waals surface area contributed by atoms with Crippen LogP contribution in [-0.4, -0.2) is 65.9 Å². The number of anilines is 1. The van der Waals surface area contributed by atoms with Crippen molar-refractivity contribution in [3.8, 4) is 0 Å². The molecule has 3 amide bonds. The molecular weight excluding hydrogens is 559 g/mol. The maximum atomic E-state index is 14.0. The summed E-state index contributed by atoms with van der Waals surface area (Å²) in [5.41, 5.74) is 1.25. The van der Waals surface area contributed by atoms with Gasteiger partial charge in [0.15, 0.2) is 0 Å². The average Bonchev–Trinajstić information content (AvgIpc) is 3.15. The van der Waals surface area contributed by atoms with Crippen LogP contribution in [-0.2, 0) is 20.8 Å². The van der Waals surface area contributed by atoms with Gasteiger partial charge < -0.3 is 20.0 Å². The SMILES string of the molecule is CC(CC(=O)N1CCC2(CC1)C(=O)N(CC(=O)NCCc1ccc(Cl)cc1Cl)CN2c1ccccc1)CC(C)(C)C. The van der Waals surface area contributed by atoms with E-state index in [0.29, 0.717) is 67.9 Å². The number of para-hydroxylation sites is 1. The number of nitrogens with one attached hydrogen (secondary N) is 1. The van der Waals surface area contributed by atoms with Crippen molar-refractivity contribution in [1.29, 1.82) is 0 Å². The summed E-state index contributed by atoms with van der Waals surface area (Å²) >= 11 is 12.2. The maximum Gasteiger partial charge on any atom is 0.250 e. The number of likely N-dealkylation sites (tertiary alicyclic amines) is 1. The van der Waals surface area contributed by atoms with Crippen molar-refractivity contribution in [2.45, 2.75) is 65.3 Å². The first-order valence-corrected chi connectivity index (χ1v) is 15.2. The van der Waals surface area contributed by atoms with Crippen LogP contribution < -0.4 is 10.2 Å². The van der Waals surface area contributed by atoms with E-state index in [4.69, 9.17) is 23.2 Å². The number of carbonyl (C=O) groups is 3. The van der Waals surface area contributed by atoms with E-state index in [-0.39, 0.29) is 29.7 Å². The first kappa shape index (κ1) is 31.2. The number of amides is 3. The second kappa shape index (κ2) is 13.0. The summed E-state index contributed by atoms with van der Waals surface area (Å²) in [6, 6.07) is 15.2. The van der Waals surface area contributed by atoms with Gasteiger partial charge in [-0.2, -0.15) is 0 Å². The lowest BCUT2D eigenvalue weighted by molar-refractivity contribution is -0.140. The fourth-order valence-corrected chi connectivity index (χ4v) is 6.79. The summed E-state index contributed by atoms with van der Waals surface area (Å²) in [6.07, 6.45) is 3.14. The number of nitrogens with zero attached hydrogens (tertiary/aromatic N) is 3. The number of benzene rings is 2. The highest BCUT2D eigenvalue weighted by atomic mass is 35.5. The number of carbonyl (C=O) groups excluding carboxylic acids is 3. The fraction of sp³-hybridized carbons (Fsp3) is 0.531. The van der Waals surface area contributed by atoms with Gasteiger partial charge in [0.05, 0.1) is 6.67 Å². The molecule has 222 valence electrons. The average molecular weight is 602 g/mol. The number of rotatable bonds is 9. The molecule has 2 saturated heterocycles. The largest absolute Gasteiger partial charge is 0.354 e. The van der Waals surface area contributed by atoms with Crippen LogP contribution in [0.1, 0.15) is 58.9 Å². The minimum absolute atomic E-state index is 0.0226. The molecule has 1 atom stereocenters. The Morgan fingerprint density at radius 3 is 2.37 bits per heavy atom. The summed E-state index contributed by atoms with van der Waals surface area (Å²) in [5, 5.41) is 4.06. The second-order valence-corrected chi connectivity index (χ2v) is 13.6. The molecule has 41 heavy (non-hydrogen) atoms. The van der Waals surface area contributed by atoms with Crippen molar-refractivity contribution in [2.75, 3.05) is 37.7 Å². The Balaban J connectivity index is 1.39. The zero-order valence-electron chi connectivity index (χ0n) is 24.6. The molecule has 0 aromatic heterocycles. The second-order valence-electron chi connectivity index (χ2n) is 12.7. The van der Waals surface area contributed by atoms with Gasteiger partial charge in [0.25, 0.3) is 5.91 Å². The number of halogens is 2.